The molecule has 0 saturated carbocycles. The molecule has 2 aromatic carbocycles. The molecule has 4 rings (SSSR count). The maximum atomic E-state index is 12.8. The normalized spacial score (nSPS) is 14.3. The second-order valence-electron chi connectivity index (χ2n) is 7.86. The van der Waals surface area contributed by atoms with E-state index in [9.17, 15) is 9.59 Å². The van der Waals surface area contributed by atoms with Crippen LogP contribution in [-0.4, -0.2) is 53.3 Å². The molecule has 1 amide bonds. The number of aryl methyl sites for hydroxylation is 1. The predicted octanol–water partition coefficient (Wildman–Crippen LogP) is 3.86. The Morgan fingerprint density at radius 1 is 1.03 bits per heavy atom. The van der Waals surface area contributed by atoms with E-state index in [0.29, 0.717) is 49.1 Å². The number of carbonyl (C=O) groups excluding carboxylic acids is 1. The van der Waals surface area contributed by atoms with E-state index in [0.717, 1.165) is 17.7 Å². The van der Waals surface area contributed by atoms with E-state index in [1.54, 1.807) is 30.5 Å². The summed E-state index contributed by atoms with van der Waals surface area (Å²) in [5.74, 6) is -0.0328. The average molecular weight is 486 g/mol. The number of hydrogen-bond acceptors (Lipinski definition) is 5. The van der Waals surface area contributed by atoms with Crippen molar-refractivity contribution in [1.29, 1.82) is 0 Å². The minimum atomic E-state index is -0.382. The molecular weight excluding hydrogens is 461 g/mol. The number of amides is 1. The number of para-hydroxylation sites is 1. The molecule has 1 aliphatic rings. The van der Waals surface area contributed by atoms with E-state index in [1.165, 1.54) is 4.68 Å². The summed E-state index contributed by atoms with van der Waals surface area (Å²) in [4.78, 5) is 29.5. The molecule has 172 valence electrons. The zero-order valence-corrected chi connectivity index (χ0v) is 19.8. The fourth-order valence-electron chi connectivity index (χ4n) is 3.90. The van der Waals surface area contributed by atoms with Crippen LogP contribution in [0.3, 0.4) is 0 Å². The third-order valence-corrected chi connectivity index (χ3v) is 6.33. The van der Waals surface area contributed by atoms with Crippen molar-refractivity contribution in [3.8, 4) is 5.69 Å². The highest BCUT2D eigenvalue weighted by atomic mass is 35.5. The Morgan fingerprint density at radius 3 is 2.42 bits per heavy atom. The molecule has 0 radical (unpaired) electrons. The first-order valence-electron chi connectivity index (χ1n) is 10.8. The SMILES string of the molecule is CCc1ccccc1NC(=O)CN1CCN(c2cnn(-c3ccc(Cl)cc3)c(=O)c2Cl)CC1. The third kappa shape index (κ3) is 5.38. The van der Waals surface area contributed by atoms with Crippen molar-refractivity contribution in [3.63, 3.8) is 0 Å². The van der Waals surface area contributed by atoms with Crippen LogP contribution in [0.4, 0.5) is 11.4 Å². The number of benzene rings is 2. The van der Waals surface area contributed by atoms with E-state index in [-0.39, 0.29) is 16.5 Å². The van der Waals surface area contributed by atoms with Crippen molar-refractivity contribution in [2.45, 2.75) is 13.3 Å². The fraction of sp³-hybridized carbons (Fsp3) is 0.292. The van der Waals surface area contributed by atoms with Gasteiger partial charge >= 0.3 is 0 Å². The summed E-state index contributed by atoms with van der Waals surface area (Å²) in [5, 5.41) is 8.02. The van der Waals surface area contributed by atoms with Gasteiger partial charge in [0, 0.05) is 36.9 Å². The Hall–Kier alpha value is -2.87. The lowest BCUT2D eigenvalue weighted by Gasteiger charge is -2.35. The highest BCUT2D eigenvalue weighted by molar-refractivity contribution is 6.33. The fourth-order valence-corrected chi connectivity index (χ4v) is 4.28. The Morgan fingerprint density at radius 2 is 1.73 bits per heavy atom. The molecule has 2 heterocycles. The van der Waals surface area contributed by atoms with Gasteiger partial charge in [0.1, 0.15) is 5.02 Å². The Balaban J connectivity index is 1.37. The molecule has 1 fully saturated rings. The summed E-state index contributed by atoms with van der Waals surface area (Å²) in [5.41, 5.74) is 2.80. The van der Waals surface area contributed by atoms with Gasteiger partial charge in [-0.05, 0) is 42.3 Å². The van der Waals surface area contributed by atoms with Crippen LogP contribution in [0.2, 0.25) is 10.0 Å². The average Bonchev–Trinajstić information content (AvgIpc) is 2.82. The van der Waals surface area contributed by atoms with Crippen LogP contribution < -0.4 is 15.8 Å². The number of aromatic nitrogens is 2. The Labute approximate surface area is 202 Å². The predicted molar refractivity (Wildman–Crippen MR) is 133 cm³/mol. The minimum Gasteiger partial charge on any atom is -0.366 e. The molecule has 0 aliphatic carbocycles. The molecular formula is C24H25Cl2N5O2. The van der Waals surface area contributed by atoms with Crippen LogP contribution in [0.25, 0.3) is 5.69 Å². The number of carbonyl (C=O) groups is 1. The molecule has 0 atom stereocenters. The van der Waals surface area contributed by atoms with E-state index in [2.05, 4.69) is 22.2 Å². The van der Waals surface area contributed by atoms with Crippen molar-refractivity contribution in [3.05, 3.63) is 80.7 Å². The van der Waals surface area contributed by atoms with Crippen molar-refractivity contribution in [1.82, 2.24) is 14.7 Å². The second-order valence-corrected chi connectivity index (χ2v) is 8.67. The first-order valence-corrected chi connectivity index (χ1v) is 11.6. The standard InChI is InChI=1S/C24H25Cl2N5O2/c1-2-17-5-3-4-6-20(17)28-22(32)16-29-11-13-30(14-12-29)21-15-27-31(24(33)23(21)26)19-9-7-18(25)8-10-19/h3-10,15H,2,11-14,16H2,1H3,(H,28,32). The minimum absolute atomic E-state index is 0.0328. The van der Waals surface area contributed by atoms with Crippen LogP contribution in [-0.2, 0) is 11.2 Å². The molecule has 33 heavy (non-hydrogen) atoms. The maximum Gasteiger partial charge on any atom is 0.292 e. The van der Waals surface area contributed by atoms with Crippen LogP contribution in [0.1, 0.15) is 12.5 Å². The van der Waals surface area contributed by atoms with Crippen molar-refractivity contribution < 1.29 is 4.79 Å². The number of rotatable bonds is 6. The molecule has 0 unspecified atom stereocenters. The van der Waals surface area contributed by atoms with E-state index in [4.69, 9.17) is 23.2 Å². The quantitative estimate of drug-likeness (QED) is 0.573. The smallest absolute Gasteiger partial charge is 0.292 e. The van der Waals surface area contributed by atoms with Gasteiger partial charge in [0.05, 0.1) is 24.1 Å². The highest BCUT2D eigenvalue weighted by Crippen LogP contribution is 2.23. The zero-order valence-electron chi connectivity index (χ0n) is 18.3. The van der Waals surface area contributed by atoms with E-state index >= 15 is 0 Å². The topological polar surface area (TPSA) is 70.5 Å². The summed E-state index contributed by atoms with van der Waals surface area (Å²) < 4.78 is 1.26. The van der Waals surface area contributed by atoms with Crippen molar-refractivity contribution in [2.75, 3.05) is 42.9 Å². The molecule has 0 bridgehead atoms. The molecule has 0 spiro atoms. The molecule has 7 nitrogen and oxygen atoms in total. The van der Waals surface area contributed by atoms with Crippen LogP contribution in [0.5, 0.6) is 0 Å². The number of hydrogen-bond donors (Lipinski definition) is 1. The van der Waals surface area contributed by atoms with Gasteiger partial charge in [-0.25, -0.2) is 0 Å². The summed E-state index contributed by atoms with van der Waals surface area (Å²) >= 11 is 12.4. The molecule has 1 saturated heterocycles. The lowest BCUT2D eigenvalue weighted by Crippen LogP contribution is -2.49. The molecule has 9 heteroatoms. The van der Waals surface area contributed by atoms with E-state index in [1.807, 2.05) is 29.2 Å². The Bertz CT molecular complexity index is 1190. The summed E-state index contributed by atoms with van der Waals surface area (Å²) in [7, 11) is 0. The lowest BCUT2D eigenvalue weighted by atomic mass is 10.1. The van der Waals surface area contributed by atoms with Crippen LogP contribution >= 0.6 is 23.2 Å². The number of nitrogens with zero attached hydrogens (tertiary/aromatic N) is 4. The van der Waals surface area contributed by atoms with Crippen molar-refractivity contribution >= 4 is 40.5 Å². The van der Waals surface area contributed by atoms with Gasteiger partial charge < -0.3 is 10.2 Å². The van der Waals surface area contributed by atoms with Gasteiger partial charge in [0.25, 0.3) is 5.56 Å². The van der Waals surface area contributed by atoms with Crippen molar-refractivity contribution in [2.24, 2.45) is 0 Å². The number of nitrogens with one attached hydrogen (secondary N) is 1. The first-order chi connectivity index (χ1) is 16.0. The highest BCUT2D eigenvalue weighted by Gasteiger charge is 2.23. The summed E-state index contributed by atoms with van der Waals surface area (Å²) in [6.45, 7) is 5.03. The molecule has 1 aliphatic heterocycles. The van der Waals surface area contributed by atoms with Gasteiger partial charge in [-0.1, -0.05) is 48.3 Å². The lowest BCUT2D eigenvalue weighted by molar-refractivity contribution is -0.117. The van der Waals surface area contributed by atoms with Gasteiger partial charge in [0.15, 0.2) is 0 Å². The van der Waals surface area contributed by atoms with E-state index < -0.39 is 0 Å². The third-order valence-electron chi connectivity index (χ3n) is 5.72. The monoisotopic (exact) mass is 485 g/mol. The molecule has 3 aromatic rings. The second kappa shape index (κ2) is 10.4. The van der Waals surface area contributed by atoms with Gasteiger partial charge in [-0.2, -0.15) is 9.78 Å². The van der Waals surface area contributed by atoms with Gasteiger partial charge in [-0.15, -0.1) is 0 Å². The number of anilines is 2. The van der Waals surface area contributed by atoms with Gasteiger partial charge in [0.2, 0.25) is 5.91 Å². The number of halogens is 2. The zero-order chi connectivity index (χ0) is 23.4. The van der Waals surface area contributed by atoms with Crippen LogP contribution in [0.15, 0.2) is 59.5 Å². The number of piperazine rings is 1. The van der Waals surface area contributed by atoms with Gasteiger partial charge in [-0.3, -0.25) is 14.5 Å². The Kier molecular flexibility index (Phi) is 7.33. The maximum absolute atomic E-state index is 12.8. The molecule has 1 aromatic heterocycles. The van der Waals surface area contributed by atoms with Crippen LogP contribution in [0, 0.1) is 0 Å². The summed E-state index contributed by atoms with van der Waals surface area (Å²) in [6.07, 6.45) is 2.48. The summed E-state index contributed by atoms with van der Waals surface area (Å²) in [6, 6.07) is 14.7. The first kappa shape index (κ1) is 23.3. The largest absolute Gasteiger partial charge is 0.366 e. The molecule has 1 N–H and O–H groups in total.